The standard InChI is InChI=1S/C24H35N3O5.C10H18/c1-15(26-30-5)13-27(14-18-10-16-8-6-7-9-19(16)25-18)23(28)17-11-20(29-4)22-21(12-17)31-24(2,3)32-22;1-5-6-7-8-10(4)9(2)3/h11-12,16,18-19,25-26H,1,6-10,13-14H2,2-5H3;6-9H,5H2,1-4H3/p+1/b;7-6-,10-8-/t16?,18-,19?;/m0./s1. The van der Waals surface area contributed by atoms with Crippen LogP contribution in [0.5, 0.6) is 17.2 Å². The summed E-state index contributed by atoms with van der Waals surface area (Å²) in [6.45, 7) is 17.5. The fourth-order valence-electron chi connectivity index (χ4n) is 5.80. The number of rotatable bonds is 11. The van der Waals surface area contributed by atoms with E-state index in [0.717, 1.165) is 18.5 Å². The van der Waals surface area contributed by atoms with Crippen molar-refractivity contribution < 1.29 is 29.3 Å². The number of carbonyl (C=O) groups excluding carboxylic acids is 1. The first kappa shape index (κ1) is 33.7. The van der Waals surface area contributed by atoms with Gasteiger partial charge in [-0.3, -0.25) is 4.79 Å². The molecule has 8 nitrogen and oxygen atoms in total. The van der Waals surface area contributed by atoms with Crippen molar-refractivity contribution in [2.24, 2.45) is 11.8 Å². The molecule has 3 atom stereocenters. The first-order valence-corrected chi connectivity index (χ1v) is 15.5. The maximum Gasteiger partial charge on any atom is 0.254 e. The van der Waals surface area contributed by atoms with Gasteiger partial charge >= 0.3 is 0 Å². The second-order valence-electron chi connectivity index (χ2n) is 12.5. The number of nitrogens with one attached hydrogen (secondary N) is 1. The molecular formula is C34H54N3O5+. The van der Waals surface area contributed by atoms with Crippen LogP contribution in [0.15, 0.2) is 48.2 Å². The smallest absolute Gasteiger partial charge is 0.254 e. The van der Waals surface area contributed by atoms with Gasteiger partial charge in [-0.2, -0.15) is 5.48 Å². The molecule has 0 bridgehead atoms. The summed E-state index contributed by atoms with van der Waals surface area (Å²) in [4.78, 5) is 20.6. The molecule has 2 aliphatic heterocycles. The molecule has 42 heavy (non-hydrogen) atoms. The van der Waals surface area contributed by atoms with Crippen molar-refractivity contribution in [3.05, 3.63) is 53.8 Å². The molecule has 0 spiro atoms. The van der Waals surface area contributed by atoms with E-state index >= 15 is 0 Å². The van der Waals surface area contributed by atoms with Crippen molar-refractivity contribution in [1.29, 1.82) is 0 Å². The highest BCUT2D eigenvalue weighted by Gasteiger charge is 2.38. The summed E-state index contributed by atoms with van der Waals surface area (Å²) in [6, 6.07) is 4.32. The van der Waals surface area contributed by atoms with Gasteiger partial charge in [-0.25, -0.2) is 4.84 Å². The number of quaternary nitrogens is 1. The summed E-state index contributed by atoms with van der Waals surface area (Å²) >= 11 is 0. The summed E-state index contributed by atoms with van der Waals surface area (Å²) in [6.07, 6.45) is 13.8. The number of nitrogens with zero attached hydrogens (tertiary/aromatic N) is 1. The van der Waals surface area contributed by atoms with Crippen molar-refractivity contribution in [2.75, 3.05) is 27.3 Å². The van der Waals surface area contributed by atoms with Crippen LogP contribution in [0.25, 0.3) is 0 Å². The first-order valence-electron chi connectivity index (χ1n) is 15.5. The summed E-state index contributed by atoms with van der Waals surface area (Å²) < 4.78 is 17.3. The fourth-order valence-corrected chi connectivity index (χ4v) is 5.80. The molecule has 3 aliphatic rings. The summed E-state index contributed by atoms with van der Waals surface area (Å²) in [5, 5.41) is 3.78. The Morgan fingerprint density at radius 2 is 1.98 bits per heavy atom. The number of ether oxygens (including phenoxy) is 3. The number of methoxy groups -OCH3 is 1. The quantitative estimate of drug-likeness (QED) is 0.254. The Bertz CT molecular complexity index is 1110. The Balaban J connectivity index is 0.000000416. The number of allylic oxidation sites excluding steroid dienone is 4. The van der Waals surface area contributed by atoms with E-state index in [4.69, 9.17) is 19.0 Å². The minimum Gasteiger partial charge on any atom is -0.493 e. The molecule has 0 aromatic heterocycles. The zero-order valence-electron chi connectivity index (χ0n) is 27.1. The molecule has 1 aromatic rings. The zero-order chi connectivity index (χ0) is 30.9. The third-order valence-corrected chi connectivity index (χ3v) is 8.19. The fraction of sp³-hybridized carbons (Fsp3) is 0.618. The van der Waals surface area contributed by atoms with E-state index < -0.39 is 5.79 Å². The molecule has 1 amide bonds. The molecule has 2 heterocycles. The lowest BCUT2D eigenvalue weighted by Gasteiger charge is -2.26. The van der Waals surface area contributed by atoms with Gasteiger partial charge in [-0.05, 0) is 63.2 Å². The van der Waals surface area contributed by atoms with Gasteiger partial charge in [0, 0.05) is 38.0 Å². The van der Waals surface area contributed by atoms with E-state index in [1.54, 1.807) is 31.8 Å². The van der Waals surface area contributed by atoms with Crippen molar-refractivity contribution in [3.8, 4) is 17.2 Å². The Hall–Kier alpha value is -2.81. The average molecular weight is 585 g/mol. The Morgan fingerprint density at radius 3 is 2.62 bits per heavy atom. The second-order valence-corrected chi connectivity index (χ2v) is 12.5. The van der Waals surface area contributed by atoms with Crippen LogP contribution in [0.3, 0.4) is 0 Å². The highest BCUT2D eigenvalue weighted by atomic mass is 16.7. The monoisotopic (exact) mass is 584 g/mol. The van der Waals surface area contributed by atoms with Gasteiger partial charge in [0.05, 0.1) is 20.8 Å². The van der Waals surface area contributed by atoms with Crippen LogP contribution >= 0.6 is 0 Å². The Kier molecular flexibility index (Phi) is 12.5. The molecule has 8 heteroatoms. The Morgan fingerprint density at radius 1 is 1.24 bits per heavy atom. The summed E-state index contributed by atoms with van der Waals surface area (Å²) in [5.74, 6) is 2.03. The van der Waals surface area contributed by atoms with Gasteiger partial charge in [-0.1, -0.05) is 57.4 Å². The van der Waals surface area contributed by atoms with Gasteiger partial charge in [0.15, 0.2) is 17.2 Å². The Labute approximate surface area is 253 Å². The number of hydrogen-bond acceptors (Lipinski definition) is 6. The number of amides is 1. The van der Waals surface area contributed by atoms with E-state index in [-0.39, 0.29) is 11.9 Å². The number of fused-ring (bicyclic) bond motifs is 2. The van der Waals surface area contributed by atoms with Gasteiger partial charge in [0.1, 0.15) is 0 Å². The lowest BCUT2D eigenvalue weighted by atomic mass is 9.85. The molecule has 0 radical (unpaired) electrons. The minimum absolute atomic E-state index is 0.0956. The van der Waals surface area contributed by atoms with Gasteiger partial charge in [0.25, 0.3) is 5.91 Å². The van der Waals surface area contributed by atoms with E-state index in [1.165, 1.54) is 31.3 Å². The molecule has 3 N–H and O–H groups in total. The molecule has 2 unspecified atom stereocenters. The maximum absolute atomic E-state index is 13.7. The largest absolute Gasteiger partial charge is 0.493 e. The number of hydroxylamine groups is 1. The molecule has 1 saturated carbocycles. The average Bonchev–Trinajstić information content (AvgIpc) is 3.50. The van der Waals surface area contributed by atoms with Crippen LogP contribution in [-0.2, 0) is 4.84 Å². The van der Waals surface area contributed by atoms with E-state index in [2.05, 4.69) is 57.8 Å². The number of carbonyl (C=O) groups is 1. The second kappa shape index (κ2) is 15.6. The molecule has 1 aliphatic carbocycles. The number of hydrogen-bond donors (Lipinski definition) is 2. The van der Waals surface area contributed by atoms with Crippen LogP contribution in [0.2, 0.25) is 0 Å². The predicted molar refractivity (Wildman–Crippen MR) is 168 cm³/mol. The van der Waals surface area contributed by atoms with E-state index in [1.807, 2.05) is 18.7 Å². The van der Waals surface area contributed by atoms with E-state index in [9.17, 15) is 4.79 Å². The van der Waals surface area contributed by atoms with Crippen molar-refractivity contribution in [3.63, 3.8) is 0 Å². The lowest BCUT2D eigenvalue weighted by Crippen LogP contribution is -2.81. The first-order chi connectivity index (χ1) is 20.0. The molecule has 234 valence electrons. The number of benzene rings is 1. The van der Waals surface area contributed by atoms with Crippen molar-refractivity contribution >= 4 is 5.91 Å². The van der Waals surface area contributed by atoms with Crippen LogP contribution in [0.1, 0.15) is 90.4 Å². The summed E-state index contributed by atoms with van der Waals surface area (Å²) in [5.41, 5.74) is 4.28. The predicted octanol–water partition coefficient (Wildman–Crippen LogP) is 5.76. The number of nitrogens with two attached hydrogens (primary N) is 1. The SMILES string of the molecule is C=C(CN(C[C@@H]1CC2CCCCC2N1)C(=O)c1cc(OC)c2c(c1)OC(C)(C)O2)[NH2+]OC.CC/C=C\C=C(\C)C(C)C. The highest BCUT2D eigenvalue weighted by Crippen LogP contribution is 2.47. The van der Waals surface area contributed by atoms with Crippen molar-refractivity contribution in [1.82, 2.24) is 10.2 Å². The van der Waals surface area contributed by atoms with Crippen LogP contribution < -0.4 is 25.0 Å². The topological polar surface area (TPSA) is 85.9 Å². The normalized spacial score (nSPS) is 22.5. The third-order valence-electron chi connectivity index (χ3n) is 8.19. The molecule has 1 saturated heterocycles. The van der Waals surface area contributed by atoms with Crippen LogP contribution in [0.4, 0.5) is 0 Å². The maximum atomic E-state index is 13.7. The summed E-state index contributed by atoms with van der Waals surface area (Å²) in [7, 11) is 3.15. The molecule has 1 aromatic carbocycles. The van der Waals surface area contributed by atoms with Crippen LogP contribution in [-0.4, -0.2) is 56.0 Å². The van der Waals surface area contributed by atoms with Gasteiger partial charge in [-0.15, -0.1) is 0 Å². The lowest BCUT2D eigenvalue weighted by molar-refractivity contribution is -0.855. The molecular weight excluding hydrogens is 530 g/mol. The molecule has 2 fully saturated rings. The van der Waals surface area contributed by atoms with Gasteiger partial charge < -0.3 is 24.4 Å². The zero-order valence-corrected chi connectivity index (χ0v) is 27.1. The van der Waals surface area contributed by atoms with E-state index in [0.29, 0.717) is 53.8 Å². The molecule has 4 rings (SSSR count). The van der Waals surface area contributed by atoms with Gasteiger partial charge in [0.2, 0.25) is 11.5 Å². The van der Waals surface area contributed by atoms with Crippen molar-refractivity contribution in [2.45, 2.75) is 97.9 Å². The highest BCUT2D eigenvalue weighted by molar-refractivity contribution is 5.96. The van der Waals surface area contributed by atoms with Crippen LogP contribution in [0, 0.1) is 11.8 Å². The third kappa shape index (κ3) is 9.35. The minimum atomic E-state index is -0.803.